The van der Waals surface area contributed by atoms with Crippen molar-refractivity contribution < 1.29 is 4.74 Å². The number of ether oxygens (including phenoxy) is 1. The van der Waals surface area contributed by atoms with Gasteiger partial charge in [0.25, 0.3) is 0 Å². The van der Waals surface area contributed by atoms with Crippen LogP contribution >= 0.6 is 12.2 Å². The average molecular weight is 280 g/mol. The van der Waals surface area contributed by atoms with Crippen LogP contribution in [0.15, 0.2) is 24.3 Å². The Bertz CT molecular complexity index is 407. The molecule has 4 heteroatoms. The molecule has 106 valence electrons. The lowest BCUT2D eigenvalue weighted by Crippen LogP contribution is -2.30. The summed E-state index contributed by atoms with van der Waals surface area (Å²) in [6.45, 7) is 7.23. The van der Waals surface area contributed by atoms with Crippen molar-refractivity contribution in [2.24, 2.45) is 11.7 Å². The van der Waals surface area contributed by atoms with Crippen LogP contribution < -0.4 is 10.5 Å². The molecule has 2 N–H and O–H groups in total. The molecule has 0 aliphatic heterocycles. The predicted octanol–water partition coefficient (Wildman–Crippen LogP) is 2.83. The number of hydrogen-bond donors (Lipinski definition) is 1. The molecule has 0 bridgehead atoms. The summed E-state index contributed by atoms with van der Waals surface area (Å²) < 4.78 is 5.40. The van der Waals surface area contributed by atoms with E-state index in [4.69, 9.17) is 22.7 Å². The molecular formula is C15H24N2OS. The van der Waals surface area contributed by atoms with Gasteiger partial charge in [0.05, 0.1) is 12.1 Å². The largest absolute Gasteiger partial charge is 0.496 e. The lowest BCUT2D eigenvalue weighted by molar-refractivity contribution is 0.239. The Labute approximate surface area is 121 Å². The molecule has 3 nitrogen and oxygen atoms in total. The summed E-state index contributed by atoms with van der Waals surface area (Å²) in [5, 5.41) is 0. The fourth-order valence-electron chi connectivity index (χ4n) is 2.09. The summed E-state index contributed by atoms with van der Waals surface area (Å²) in [4.78, 5) is 2.95. The summed E-state index contributed by atoms with van der Waals surface area (Å²) >= 11 is 4.97. The second kappa shape index (κ2) is 8.12. The summed E-state index contributed by atoms with van der Waals surface area (Å²) in [5.74, 6) is 1.55. The first kappa shape index (κ1) is 15.9. The third-order valence-corrected chi connectivity index (χ3v) is 3.09. The zero-order valence-electron chi connectivity index (χ0n) is 12.1. The Morgan fingerprint density at radius 2 is 2.05 bits per heavy atom. The number of thiocarbonyl (C=S) groups is 1. The van der Waals surface area contributed by atoms with Crippen LogP contribution in [0.5, 0.6) is 5.75 Å². The van der Waals surface area contributed by atoms with E-state index in [0.29, 0.717) is 10.9 Å². The molecule has 1 aromatic carbocycles. The third kappa shape index (κ3) is 6.03. The van der Waals surface area contributed by atoms with Gasteiger partial charge in [0.15, 0.2) is 0 Å². The molecule has 0 fully saturated rings. The van der Waals surface area contributed by atoms with E-state index in [-0.39, 0.29) is 0 Å². The van der Waals surface area contributed by atoms with Crippen LogP contribution in [-0.4, -0.2) is 30.1 Å². The van der Waals surface area contributed by atoms with Gasteiger partial charge in [-0.1, -0.05) is 44.3 Å². The summed E-state index contributed by atoms with van der Waals surface area (Å²) in [7, 11) is 1.71. The van der Waals surface area contributed by atoms with Crippen molar-refractivity contribution in [3.05, 3.63) is 29.8 Å². The maximum absolute atomic E-state index is 5.60. The molecule has 0 radical (unpaired) electrons. The standard InChI is InChI=1S/C15H24N2OS/c1-12(2)10-17(9-8-15(16)19)11-13-6-4-5-7-14(13)18-3/h4-7,12H,8-11H2,1-3H3,(H2,16,19). The van der Waals surface area contributed by atoms with E-state index in [9.17, 15) is 0 Å². The number of hydrogen-bond acceptors (Lipinski definition) is 3. The van der Waals surface area contributed by atoms with E-state index >= 15 is 0 Å². The summed E-state index contributed by atoms with van der Waals surface area (Å²) in [6, 6.07) is 8.13. The van der Waals surface area contributed by atoms with Crippen molar-refractivity contribution in [1.82, 2.24) is 4.90 Å². The highest BCUT2D eigenvalue weighted by molar-refractivity contribution is 7.80. The number of nitrogens with two attached hydrogens (primary N) is 1. The number of para-hydroxylation sites is 1. The molecule has 0 aliphatic carbocycles. The molecule has 0 atom stereocenters. The predicted molar refractivity (Wildman–Crippen MR) is 84.5 cm³/mol. The minimum absolute atomic E-state index is 0.578. The molecule has 0 saturated heterocycles. The Morgan fingerprint density at radius 1 is 1.37 bits per heavy atom. The molecule has 0 unspecified atom stereocenters. The van der Waals surface area contributed by atoms with Crippen LogP contribution in [0.2, 0.25) is 0 Å². The minimum atomic E-state index is 0.578. The normalized spacial score (nSPS) is 11.0. The van der Waals surface area contributed by atoms with Crippen molar-refractivity contribution in [2.75, 3.05) is 20.2 Å². The van der Waals surface area contributed by atoms with Crippen molar-refractivity contribution in [3.63, 3.8) is 0 Å². The summed E-state index contributed by atoms with van der Waals surface area (Å²) in [6.07, 6.45) is 0.761. The van der Waals surface area contributed by atoms with E-state index in [1.165, 1.54) is 5.56 Å². The van der Waals surface area contributed by atoms with Gasteiger partial charge in [0.1, 0.15) is 5.75 Å². The molecule has 1 rings (SSSR count). The quantitative estimate of drug-likeness (QED) is 0.743. The first-order valence-corrected chi connectivity index (χ1v) is 7.06. The Hall–Kier alpha value is -1.13. The van der Waals surface area contributed by atoms with Gasteiger partial charge in [-0.25, -0.2) is 0 Å². The van der Waals surface area contributed by atoms with Gasteiger partial charge in [-0.2, -0.15) is 0 Å². The van der Waals surface area contributed by atoms with Crippen LogP contribution in [0.1, 0.15) is 25.8 Å². The minimum Gasteiger partial charge on any atom is -0.496 e. The van der Waals surface area contributed by atoms with Gasteiger partial charge in [-0.05, 0) is 12.0 Å². The zero-order valence-corrected chi connectivity index (χ0v) is 12.9. The first-order valence-electron chi connectivity index (χ1n) is 6.65. The van der Waals surface area contributed by atoms with E-state index in [1.807, 2.05) is 18.2 Å². The number of methoxy groups -OCH3 is 1. The molecule has 1 aromatic rings. The third-order valence-electron chi connectivity index (χ3n) is 2.88. The number of nitrogens with zero attached hydrogens (tertiary/aromatic N) is 1. The fourth-order valence-corrected chi connectivity index (χ4v) is 2.19. The van der Waals surface area contributed by atoms with Gasteiger partial charge >= 0.3 is 0 Å². The molecule has 0 spiro atoms. The number of benzene rings is 1. The monoisotopic (exact) mass is 280 g/mol. The Balaban J connectivity index is 2.72. The lowest BCUT2D eigenvalue weighted by atomic mass is 10.1. The molecule has 0 amide bonds. The first-order chi connectivity index (χ1) is 9.02. The maximum atomic E-state index is 5.60. The highest BCUT2D eigenvalue weighted by Crippen LogP contribution is 2.19. The topological polar surface area (TPSA) is 38.5 Å². The highest BCUT2D eigenvalue weighted by Gasteiger charge is 2.11. The van der Waals surface area contributed by atoms with Crippen molar-refractivity contribution >= 4 is 17.2 Å². The Morgan fingerprint density at radius 3 is 2.63 bits per heavy atom. The maximum Gasteiger partial charge on any atom is 0.123 e. The molecule has 0 aromatic heterocycles. The van der Waals surface area contributed by atoms with Crippen molar-refractivity contribution in [2.45, 2.75) is 26.8 Å². The molecule has 0 heterocycles. The zero-order chi connectivity index (χ0) is 14.3. The van der Waals surface area contributed by atoms with Gasteiger partial charge in [0.2, 0.25) is 0 Å². The van der Waals surface area contributed by atoms with Gasteiger partial charge in [-0.15, -0.1) is 0 Å². The smallest absolute Gasteiger partial charge is 0.123 e. The van der Waals surface area contributed by atoms with Crippen LogP contribution in [0.4, 0.5) is 0 Å². The fraction of sp³-hybridized carbons (Fsp3) is 0.533. The lowest BCUT2D eigenvalue weighted by Gasteiger charge is -2.25. The van der Waals surface area contributed by atoms with Crippen LogP contribution in [0.25, 0.3) is 0 Å². The van der Waals surface area contributed by atoms with E-state index < -0.39 is 0 Å². The molecule has 0 aliphatic rings. The van der Waals surface area contributed by atoms with Gasteiger partial charge in [-0.3, -0.25) is 4.90 Å². The van der Waals surface area contributed by atoms with Gasteiger partial charge < -0.3 is 10.5 Å². The van der Waals surface area contributed by atoms with E-state index in [2.05, 4.69) is 24.8 Å². The molecular weight excluding hydrogens is 256 g/mol. The summed E-state index contributed by atoms with van der Waals surface area (Å²) in [5.41, 5.74) is 6.80. The van der Waals surface area contributed by atoms with E-state index in [1.54, 1.807) is 7.11 Å². The van der Waals surface area contributed by atoms with Crippen LogP contribution in [0, 0.1) is 5.92 Å². The van der Waals surface area contributed by atoms with Gasteiger partial charge in [0, 0.05) is 31.6 Å². The highest BCUT2D eigenvalue weighted by atomic mass is 32.1. The Kier molecular flexibility index (Phi) is 6.81. The molecule has 19 heavy (non-hydrogen) atoms. The van der Waals surface area contributed by atoms with Crippen LogP contribution in [-0.2, 0) is 6.54 Å². The van der Waals surface area contributed by atoms with E-state index in [0.717, 1.165) is 31.8 Å². The second-order valence-corrected chi connectivity index (χ2v) is 5.68. The average Bonchev–Trinajstić information content (AvgIpc) is 2.36. The SMILES string of the molecule is COc1ccccc1CN(CCC(N)=S)CC(C)C. The van der Waals surface area contributed by atoms with Crippen LogP contribution in [0.3, 0.4) is 0 Å². The van der Waals surface area contributed by atoms with Crippen molar-refractivity contribution in [3.8, 4) is 5.75 Å². The van der Waals surface area contributed by atoms with Crippen molar-refractivity contribution in [1.29, 1.82) is 0 Å². The second-order valence-electron chi connectivity index (χ2n) is 5.16. The number of rotatable bonds is 8. The molecule has 0 saturated carbocycles.